The highest BCUT2D eigenvalue weighted by Crippen LogP contribution is 2.47. The van der Waals surface area contributed by atoms with Gasteiger partial charge in [0, 0.05) is 0 Å². The first-order chi connectivity index (χ1) is 27.6. The predicted octanol–water partition coefficient (Wildman–Crippen LogP) is 18.5. The molecule has 0 nitrogen and oxygen atoms in total. The third kappa shape index (κ3) is 15.2. The van der Waals surface area contributed by atoms with E-state index >= 15 is 0 Å². The second kappa shape index (κ2) is 24.4. The van der Waals surface area contributed by atoms with Crippen LogP contribution < -0.4 is 0 Å². The van der Waals surface area contributed by atoms with E-state index in [2.05, 4.69) is 6.92 Å². The second-order valence-electron chi connectivity index (χ2n) is 23.8. The van der Waals surface area contributed by atoms with E-state index in [-0.39, 0.29) is 0 Å². The first-order valence-electron chi connectivity index (χ1n) is 27.6. The van der Waals surface area contributed by atoms with Crippen molar-refractivity contribution in [1.82, 2.24) is 0 Å². The third-order valence-corrected chi connectivity index (χ3v) is 19.4. The van der Waals surface area contributed by atoms with Crippen LogP contribution in [0.25, 0.3) is 0 Å². The lowest BCUT2D eigenvalue weighted by molar-refractivity contribution is 0.118. The van der Waals surface area contributed by atoms with E-state index in [4.69, 9.17) is 0 Å². The Bertz CT molecular complexity index is 865. The lowest BCUT2D eigenvalue weighted by Crippen LogP contribution is -2.28. The number of rotatable bonds is 19. The highest BCUT2D eigenvalue weighted by molar-refractivity contribution is 4.86. The first-order valence-corrected chi connectivity index (χ1v) is 27.6. The highest BCUT2D eigenvalue weighted by Gasteiger charge is 2.35. The fourth-order valence-corrected chi connectivity index (χ4v) is 16.1. The molecule has 0 radical (unpaired) electrons. The predicted molar refractivity (Wildman–Crippen MR) is 245 cm³/mol. The molecule has 0 amide bonds. The summed E-state index contributed by atoms with van der Waals surface area (Å²) in [4.78, 5) is 0. The maximum Gasteiger partial charge on any atom is -0.0409 e. The molecule has 324 valence electrons. The Labute approximate surface area is 352 Å². The molecule has 0 aromatic carbocycles. The smallest absolute Gasteiger partial charge is 0.0409 e. The molecule has 0 N–H and O–H groups in total. The summed E-state index contributed by atoms with van der Waals surface area (Å²) in [5.41, 5.74) is 0. The highest BCUT2D eigenvalue weighted by atomic mass is 14.4. The molecular formula is C56H100. The topological polar surface area (TPSA) is 0 Å². The van der Waals surface area contributed by atoms with Crippen LogP contribution in [0.5, 0.6) is 0 Å². The lowest BCUT2D eigenvalue weighted by Gasteiger charge is -2.40. The van der Waals surface area contributed by atoms with Crippen LogP contribution in [0.15, 0.2) is 0 Å². The summed E-state index contributed by atoms with van der Waals surface area (Å²) in [5.74, 6) is 13.9. The summed E-state index contributed by atoms with van der Waals surface area (Å²) in [6.45, 7) is 2.55. The molecule has 7 fully saturated rings. The quantitative estimate of drug-likeness (QED) is 0.123. The third-order valence-electron chi connectivity index (χ3n) is 19.4. The SMILES string of the molecule is CCC1CC(CCC2CC(CCC3CCCCC3)CC(CCC3CCCCC3)C2)CC(CCC2CC(CCC3CCCCC3)CC(CCC3CCCCC3)C2)C1. The average Bonchev–Trinajstić information content (AvgIpc) is 3.26. The normalized spacial score (nSPS) is 36.5. The Morgan fingerprint density at radius 1 is 0.196 bits per heavy atom. The van der Waals surface area contributed by atoms with Crippen LogP contribution in [-0.4, -0.2) is 0 Å². The van der Waals surface area contributed by atoms with Gasteiger partial charge in [-0.2, -0.15) is 0 Å². The molecular weight excluding hydrogens is 673 g/mol. The van der Waals surface area contributed by atoms with E-state index in [0.29, 0.717) is 0 Å². The number of hydrogen-bond donors (Lipinski definition) is 0. The Hall–Kier alpha value is 0. The molecule has 0 heterocycles. The zero-order valence-electron chi connectivity index (χ0n) is 38.2. The fourth-order valence-electron chi connectivity index (χ4n) is 16.1. The van der Waals surface area contributed by atoms with E-state index in [9.17, 15) is 0 Å². The van der Waals surface area contributed by atoms with Crippen molar-refractivity contribution < 1.29 is 0 Å². The Morgan fingerprint density at radius 3 is 0.536 bits per heavy atom. The monoisotopic (exact) mass is 773 g/mol. The van der Waals surface area contributed by atoms with Crippen LogP contribution in [0.1, 0.15) is 277 Å². The van der Waals surface area contributed by atoms with Crippen molar-refractivity contribution in [2.45, 2.75) is 277 Å². The van der Waals surface area contributed by atoms with Crippen LogP contribution in [0, 0.1) is 76.9 Å². The zero-order chi connectivity index (χ0) is 38.2. The van der Waals surface area contributed by atoms with Gasteiger partial charge in [-0.3, -0.25) is 0 Å². The van der Waals surface area contributed by atoms with Crippen LogP contribution in [-0.2, 0) is 0 Å². The van der Waals surface area contributed by atoms with Gasteiger partial charge in [0.1, 0.15) is 0 Å². The van der Waals surface area contributed by atoms with Gasteiger partial charge in [0.05, 0.1) is 0 Å². The van der Waals surface area contributed by atoms with E-state index in [1.54, 1.807) is 186 Å². The molecule has 0 heteroatoms. The first kappa shape index (κ1) is 44.1. The summed E-state index contributed by atoms with van der Waals surface area (Å²) < 4.78 is 0. The molecule has 7 aliphatic rings. The van der Waals surface area contributed by atoms with Crippen molar-refractivity contribution >= 4 is 0 Å². The van der Waals surface area contributed by atoms with E-state index < -0.39 is 0 Å². The summed E-state index contributed by atoms with van der Waals surface area (Å²) in [5, 5.41) is 0. The second-order valence-corrected chi connectivity index (χ2v) is 23.8. The average molecular weight is 773 g/mol. The van der Waals surface area contributed by atoms with Gasteiger partial charge in [-0.15, -0.1) is 0 Å². The van der Waals surface area contributed by atoms with Crippen molar-refractivity contribution in [1.29, 1.82) is 0 Å². The standard InChI is InChI=1S/C56H100/c1-2-44-35-49(31-33-55-40-51(27-23-45-15-7-3-8-16-45)38-52(41-55)28-24-46-17-9-4-10-18-46)37-50(36-44)32-34-56-42-53(29-25-47-19-11-5-12-20-47)39-54(43-56)30-26-48-21-13-6-14-22-48/h44-56H,2-43H2,1H3. The van der Waals surface area contributed by atoms with Crippen LogP contribution in [0.4, 0.5) is 0 Å². The van der Waals surface area contributed by atoms with Crippen LogP contribution >= 0.6 is 0 Å². The minimum absolute atomic E-state index is 1.04. The molecule has 7 saturated carbocycles. The largest absolute Gasteiger partial charge is 0.0651 e. The maximum absolute atomic E-state index is 2.55. The zero-order valence-corrected chi connectivity index (χ0v) is 38.2. The molecule has 0 aromatic rings. The minimum Gasteiger partial charge on any atom is -0.0651 e. The van der Waals surface area contributed by atoms with Crippen molar-refractivity contribution in [2.75, 3.05) is 0 Å². The Kier molecular flexibility index (Phi) is 19.2. The summed E-state index contributed by atoms with van der Waals surface area (Å²) >= 11 is 0. The van der Waals surface area contributed by atoms with Crippen molar-refractivity contribution in [3.63, 3.8) is 0 Å². The molecule has 7 rings (SSSR count). The molecule has 7 aliphatic carbocycles. The molecule has 6 atom stereocenters. The van der Waals surface area contributed by atoms with Crippen molar-refractivity contribution in [3.8, 4) is 0 Å². The fraction of sp³-hybridized carbons (Fsp3) is 1.00. The Balaban J connectivity index is 0.890. The van der Waals surface area contributed by atoms with Gasteiger partial charge in [-0.05, 0) is 135 Å². The molecule has 0 saturated heterocycles. The van der Waals surface area contributed by atoms with Gasteiger partial charge < -0.3 is 0 Å². The van der Waals surface area contributed by atoms with Gasteiger partial charge in [0.25, 0.3) is 0 Å². The minimum atomic E-state index is 1.04. The summed E-state index contributed by atoms with van der Waals surface area (Å²) in [6, 6.07) is 0. The van der Waals surface area contributed by atoms with E-state index in [0.717, 1.165) is 76.9 Å². The lowest BCUT2D eigenvalue weighted by atomic mass is 9.66. The van der Waals surface area contributed by atoms with Crippen molar-refractivity contribution in [3.05, 3.63) is 0 Å². The molecule has 0 aromatic heterocycles. The summed E-state index contributed by atoms with van der Waals surface area (Å²) in [6.07, 6.45) is 65.9. The van der Waals surface area contributed by atoms with Crippen LogP contribution in [0.3, 0.4) is 0 Å². The van der Waals surface area contributed by atoms with Crippen molar-refractivity contribution in [2.24, 2.45) is 76.9 Å². The molecule has 0 bridgehead atoms. The molecule has 0 aliphatic heterocycles. The number of hydrogen-bond acceptors (Lipinski definition) is 0. The molecule has 56 heavy (non-hydrogen) atoms. The molecule has 0 spiro atoms. The van der Waals surface area contributed by atoms with Crippen LogP contribution in [0.2, 0.25) is 0 Å². The van der Waals surface area contributed by atoms with Gasteiger partial charge in [-0.1, -0.05) is 219 Å². The van der Waals surface area contributed by atoms with Gasteiger partial charge >= 0.3 is 0 Å². The maximum atomic E-state index is 2.55. The summed E-state index contributed by atoms with van der Waals surface area (Å²) in [7, 11) is 0. The van der Waals surface area contributed by atoms with E-state index in [1.807, 2.05) is 0 Å². The molecule has 6 unspecified atom stereocenters. The Morgan fingerprint density at radius 2 is 0.357 bits per heavy atom. The van der Waals surface area contributed by atoms with E-state index in [1.165, 1.54) is 83.5 Å². The van der Waals surface area contributed by atoms with Gasteiger partial charge in [-0.25, -0.2) is 0 Å². The van der Waals surface area contributed by atoms with Gasteiger partial charge in [0.15, 0.2) is 0 Å². The van der Waals surface area contributed by atoms with Gasteiger partial charge in [0.2, 0.25) is 0 Å².